The van der Waals surface area contributed by atoms with Gasteiger partial charge in [0.15, 0.2) is 0 Å². The maximum absolute atomic E-state index is 10.1. The molecule has 0 radical (unpaired) electrons. The standard InChI is InChI=1S/C23H50N4O6/c1-2-19(23(24)32)27-20(29)8-4-3-5-13-25-21(30)15-33-16-22(31)26-18-11-9-17(10-12-18)7-6-14-28/h17-23,25-32H,2-16,24H2,1H3/t17?,18?,19-,20?,21?,22?,23?/m1/s1. The van der Waals surface area contributed by atoms with Gasteiger partial charge in [0.05, 0.1) is 13.2 Å². The van der Waals surface area contributed by atoms with Crippen LogP contribution in [0.25, 0.3) is 0 Å². The number of unbranched alkanes of at least 4 members (excludes halogenated alkanes) is 2. The van der Waals surface area contributed by atoms with Gasteiger partial charge in [-0.2, -0.15) is 0 Å². The molecule has 0 heterocycles. The lowest BCUT2D eigenvalue weighted by atomic mass is 9.83. The third kappa shape index (κ3) is 15.3. The van der Waals surface area contributed by atoms with E-state index in [1.165, 1.54) is 0 Å². The topological polar surface area (TPSA) is 172 Å². The van der Waals surface area contributed by atoms with Crippen LogP contribution in [0.15, 0.2) is 0 Å². The molecule has 10 heteroatoms. The van der Waals surface area contributed by atoms with Crippen molar-refractivity contribution in [1.82, 2.24) is 16.0 Å². The highest BCUT2D eigenvalue weighted by molar-refractivity contribution is 4.78. The van der Waals surface area contributed by atoms with E-state index < -0.39 is 24.9 Å². The molecule has 198 valence electrons. The minimum Gasteiger partial charge on any atom is -0.396 e. The zero-order chi connectivity index (χ0) is 24.5. The first-order valence-corrected chi connectivity index (χ1v) is 12.8. The molecule has 0 aromatic heterocycles. The minimum absolute atomic E-state index is 0.106. The molecule has 1 aliphatic rings. The summed E-state index contributed by atoms with van der Waals surface area (Å²) in [4.78, 5) is 0. The second-order valence-electron chi connectivity index (χ2n) is 9.31. The Hall–Kier alpha value is -0.400. The Labute approximate surface area is 199 Å². The summed E-state index contributed by atoms with van der Waals surface area (Å²) in [6, 6.07) is -0.0260. The molecule has 4 unspecified atom stereocenters. The Balaban J connectivity index is 1.98. The zero-order valence-electron chi connectivity index (χ0n) is 20.4. The van der Waals surface area contributed by atoms with Crippen molar-refractivity contribution in [3.05, 3.63) is 0 Å². The van der Waals surface area contributed by atoms with E-state index in [-0.39, 0.29) is 25.9 Å². The largest absolute Gasteiger partial charge is 0.396 e. The summed E-state index contributed by atoms with van der Waals surface area (Å²) in [5.41, 5.74) is 5.45. The molecule has 10 N–H and O–H groups in total. The predicted molar refractivity (Wildman–Crippen MR) is 128 cm³/mol. The zero-order valence-corrected chi connectivity index (χ0v) is 20.4. The number of nitrogens with two attached hydrogens (primary N) is 1. The van der Waals surface area contributed by atoms with Crippen molar-refractivity contribution in [2.75, 3.05) is 26.4 Å². The van der Waals surface area contributed by atoms with Crippen molar-refractivity contribution in [1.29, 1.82) is 0 Å². The lowest BCUT2D eigenvalue weighted by Crippen LogP contribution is -2.48. The van der Waals surface area contributed by atoms with Crippen molar-refractivity contribution in [3.63, 3.8) is 0 Å². The third-order valence-electron chi connectivity index (χ3n) is 6.39. The highest BCUT2D eigenvalue weighted by Gasteiger charge is 2.22. The van der Waals surface area contributed by atoms with E-state index >= 15 is 0 Å². The Morgan fingerprint density at radius 1 is 0.909 bits per heavy atom. The minimum atomic E-state index is -0.989. The van der Waals surface area contributed by atoms with Gasteiger partial charge in [-0.3, -0.25) is 16.0 Å². The van der Waals surface area contributed by atoms with Crippen molar-refractivity contribution < 1.29 is 30.3 Å². The number of ether oxygens (including phenoxy) is 1. The van der Waals surface area contributed by atoms with Gasteiger partial charge in [0, 0.05) is 18.7 Å². The molecule has 1 rings (SSSR count). The quantitative estimate of drug-likeness (QED) is 0.0833. The van der Waals surface area contributed by atoms with Gasteiger partial charge in [0.1, 0.15) is 24.9 Å². The van der Waals surface area contributed by atoms with Crippen LogP contribution in [0, 0.1) is 5.92 Å². The molecular formula is C23H50N4O6. The van der Waals surface area contributed by atoms with E-state index in [1.54, 1.807) is 0 Å². The highest BCUT2D eigenvalue weighted by Crippen LogP contribution is 2.27. The van der Waals surface area contributed by atoms with Gasteiger partial charge >= 0.3 is 0 Å². The van der Waals surface area contributed by atoms with E-state index in [2.05, 4.69) is 16.0 Å². The Kier molecular flexibility index (Phi) is 17.5. The van der Waals surface area contributed by atoms with Crippen molar-refractivity contribution in [2.24, 2.45) is 11.7 Å². The van der Waals surface area contributed by atoms with Crippen LogP contribution < -0.4 is 21.7 Å². The van der Waals surface area contributed by atoms with Gasteiger partial charge in [-0.25, -0.2) is 0 Å². The molecule has 33 heavy (non-hydrogen) atoms. The average molecular weight is 479 g/mol. The number of aliphatic hydroxyl groups is 5. The van der Waals surface area contributed by atoms with Crippen LogP contribution in [-0.4, -0.2) is 88.9 Å². The van der Waals surface area contributed by atoms with E-state index in [4.69, 9.17) is 15.6 Å². The summed E-state index contributed by atoms with van der Waals surface area (Å²) in [6.07, 6.45) is 6.82. The molecule has 1 aliphatic carbocycles. The van der Waals surface area contributed by atoms with Crippen LogP contribution in [0.4, 0.5) is 0 Å². The summed E-state index contributed by atoms with van der Waals surface area (Å²) < 4.78 is 5.42. The summed E-state index contributed by atoms with van der Waals surface area (Å²) in [5, 5.41) is 57.5. The molecule has 0 aromatic rings. The molecule has 0 aromatic carbocycles. The molecule has 0 aliphatic heterocycles. The van der Waals surface area contributed by atoms with Crippen molar-refractivity contribution in [3.8, 4) is 0 Å². The Morgan fingerprint density at radius 3 is 2.24 bits per heavy atom. The van der Waals surface area contributed by atoms with Gasteiger partial charge in [-0.1, -0.05) is 13.3 Å². The van der Waals surface area contributed by atoms with E-state index in [1.807, 2.05) is 6.92 Å². The molecule has 10 nitrogen and oxygen atoms in total. The molecule has 0 saturated heterocycles. The van der Waals surface area contributed by atoms with Crippen LogP contribution in [0.5, 0.6) is 0 Å². The van der Waals surface area contributed by atoms with Gasteiger partial charge in [-0.05, 0) is 76.7 Å². The lowest BCUT2D eigenvalue weighted by molar-refractivity contribution is -0.0318. The maximum atomic E-state index is 10.1. The molecule has 1 saturated carbocycles. The second-order valence-corrected chi connectivity index (χ2v) is 9.31. The fourth-order valence-electron chi connectivity index (χ4n) is 4.36. The summed E-state index contributed by atoms with van der Waals surface area (Å²) >= 11 is 0. The fraction of sp³-hybridized carbons (Fsp3) is 1.00. The van der Waals surface area contributed by atoms with Crippen LogP contribution >= 0.6 is 0 Å². The van der Waals surface area contributed by atoms with E-state index in [9.17, 15) is 20.4 Å². The van der Waals surface area contributed by atoms with Crippen LogP contribution in [0.1, 0.15) is 77.6 Å². The summed E-state index contributed by atoms with van der Waals surface area (Å²) in [7, 11) is 0. The van der Waals surface area contributed by atoms with Crippen molar-refractivity contribution in [2.45, 2.75) is 115 Å². The highest BCUT2D eigenvalue weighted by atomic mass is 16.5. The molecule has 0 spiro atoms. The average Bonchev–Trinajstić information content (AvgIpc) is 2.79. The van der Waals surface area contributed by atoms with E-state index in [0.29, 0.717) is 31.3 Å². The maximum Gasteiger partial charge on any atom is 0.128 e. The number of hydrogen-bond acceptors (Lipinski definition) is 10. The normalized spacial score (nSPS) is 23.7. The first-order valence-electron chi connectivity index (χ1n) is 12.8. The number of nitrogens with one attached hydrogen (secondary N) is 3. The number of aliphatic hydroxyl groups excluding tert-OH is 5. The SMILES string of the molecule is CC[C@@H](NC(O)CCCCCNC(O)COCC(O)NC1CCC(CCCO)CC1)C(N)O. The summed E-state index contributed by atoms with van der Waals surface area (Å²) in [6.45, 7) is 3.02. The smallest absolute Gasteiger partial charge is 0.128 e. The second kappa shape index (κ2) is 18.9. The molecular weight excluding hydrogens is 428 g/mol. The first kappa shape index (κ1) is 30.6. The Bertz CT molecular complexity index is 455. The van der Waals surface area contributed by atoms with Crippen LogP contribution in [0.3, 0.4) is 0 Å². The Morgan fingerprint density at radius 2 is 1.61 bits per heavy atom. The van der Waals surface area contributed by atoms with Crippen LogP contribution in [0.2, 0.25) is 0 Å². The molecule has 0 bridgehead atoms. The number of rotatable bonds is 20. The van der Waals surface area contributed by atoms with Gasteiger partial charge < -0.3 is 36.0 Å². The predicted octanol–water partition coefficient (Wildman–Crippen LogP) is -0.326. The number of hydrogen-bond donors (Lipinski definition) is 9. The first-order chi connectivity index (χ1) is 15.8. The van der Waals surface area contributed by atoms with Gasteiger partial charge in [-0.15, -0.1) is 0 Å². The third-order valence-corrected chi connectivity index (χ3v) is 6.39. The lowest BCUT2D eigenvalue weighted by Gasteiger charge is -2.30. The fourth-order valence-corrected chi connectivity index (χ4v) is 4.36. The van der Waals surface area contributed by atoms with Crippen LogP contribution in [-0.2, 0) is 4.74 Å². The summed E-state index contributed by atoms with van der Waals surface area (Å²) in [5.74, 6) is 0.685. The van der Waals surface area contributed by atoms with E-state index in [0.717, 1.165) is 57.8 Å². The molecule has 5 atom stereocenters. The molecule has 0 amide bonds. The molecule has 1 fully saturated rings. The van der Waals surface area contributed by atoms with Gasteiger partial charge in [0.25, 0.3) is 0 Å². The van der Waals surface area contributed by atoms with Gasteiger partial charge in [0.2, 0.25) is 0 Å². The van der Waals surface area contributed by atoms with Crippen molar-refractivity contribution >= 4 is 0 Å². The monoisotopic (exact) mass is 478 g/mol.